The molecule has 132 valence electrons. The Morgan fingerprint density at radius 2 is 1.77 bits per heavy atom. The van der Waals surface area contributed by atoms with Gasteiger partial charge in [-0.1, -0.05) is 12.1 Å². The minimum Gasteiger partial charge on any atom is -0.497 e. The third kappa shape index (κ3) is 3.27. The monoisotopic (exact) mass is 353 g/mol. The summed E-state index contributed by atoms with van der Waals surface area (Å²) in [5.74, 6) is -0.754. The molecule has 0 atom stereocenters. The summed E-state index contributed by atoms with van der Waals surface area (Å²) < 4.78 is 15.0. The lowest BCUT2D eigenvalue weighted by Gasteiger charge is -2.09. The first-order valence-electron chi connectivity index (χ1n) is 7.64. The van der Waals surface area contributed by atoms with Crippen LogP contribution in [-0.4, -0.2) is 26.1 Å². The second kappa shape index (κ2) is 7.10. The average Bonchev–Trinajstić information content (AvgIpc) is 2.66. The van der Waals surface area contributed by atoms with Gasteiger partial charge in [0.15, 0.2) is 0 Å². The summed E-state index contributed by atoms with van der Waals surface area (Å²) in [5.41, 5.74) is -0.251. The molecule has 0 aliphatic heterocycles. The van der Waals surface area contributed by atoms with Crippen LogP contribution in [0.4, 0.5) is 5.69 Å². The fraction of sp³-hybridized carbons (Fsp3) is 0.105. The summed E-state index contributed by atoms with van der Waals surface area (Å²) in [5, 5.41) is 3.11. The van der Waals surface area contributed by atoms with Gasteiger partial charge in [-0.25, -0.2) is 9.59 Å². The molecule has 0 saturated carbocycles. The average molecular weight is 353 g/mol. The predicted molar refractivity (Wildman–Crippen MR) is 94.8 cm³/mol. The van der Waals surface area contributed by atoms with E-state index >= 15 is 0 Å². The Labute approximate surface area is 148 Å². The van der Waals surface area contributed by atoms with Gasteiger partial charge in [0.2, 0.25) is 0 Å². The van der Waals surface area contributed by atoms with E-state index in [2.05, 4.69) is 10.1 Å². The molecule has 2 aromatic carbocycles. The van der Waals surface area contributed by atoms with E-state index in [-0.39, 0.29) is 16.8 Å². The van der Waals surface area contributed by atoms with E-state index in [0.29, 0.717) is 16.7 Å². The molecule has 1 heterocycles. The molecule has 0 radical (unpaired) electrons. The summed E-state index contributed by atoms with van der Waals surface area (Å²) in [6.07, 6.45) is 0. The second-order valence-corrected chi connectivity index (χ2v) is 5.34. The van der Waals surface area contributed by atoms with Crippen LogP contribution < -0.4 is 15.7 Å². The number of methoxy groups -OCH3 is 2. The van der Waals surface area contributed by atoms with Crippen LogP contribution in [0.25, 0.3) is 11.0 Å². The molecule has 7 heteroatoms. The van der Waals surface area contributed by atoms with E-state index in [1.807, 2.05) is 0 Å². The van der Waals surface area contributed by atoms with E-state index in [9.17, 15) is 14.4 Å². The Kier molecular flexibility index (Phi) is 4.70. The van der Waals surface area contributed by atoms with E-state index in [0.717, 1.165) is 0 Å². The number of anilines is 1. The molecule has 0 fully saturated rings. The third-order valence-electron chi connectivity index (χ3n) is 3.77. The summed E-state index contributed by atoms with van der Waals surface area (Å²) >= 11 is 0. The Balaban J connectivity index is 1.97. The topological polar surface area (TPSA) is 94.8 Å². The normalized spacial score (nSPS) is 10.4. The first kappa shape index (κ1) is 17.2. The van der Waals surface area contributed by atoms with E-state index in [1.54, 1.807) is 30.3 Å². The highest BCUT2D eigenvalue weighted by molar-refractivity contribution is 6.08. The maximum absolute atomic E-state index is 12.5. The second-order valence-electron chi connectivity index (χ2n) is 5.34. The minimum atomic E-state index is -0.793. The number of ether oxygens (including phenoxy) is 2. The molecule has 0 spiro atoms. The van der Waals surface area contributed by atoms with Gasteiger partial charge >= 0.3 is 11.6 Å². The zero-order valence-corrected chi connectivity index (χ0v) is 14.1. The van der Waals surface area contributed by atoms with Crippen LogP contribution in [0.2, 0.25) is 0 Å². The number of esters is 1. The number of hydrogen-bond donors (Lipinski definition) is 1. The molecular formula is C19H15NO6. The number of amides is 1. The summed E-state index contributed by atoms with van der Waals surface area (Å²) in [6.45, 7) is 0. The minimum absolute atomic E-state index is 0.178. The maximum atomic E-state index is 12.5. The highest BCUT2D eigenvalue weighted by Crippen LogP contribution is 2.21. The first-order valence-corrected chi connectivity index (χ1v) is 7.64. The quantitative estimate of drug-likeness (QED) is 0.572. The van der Waals surface area contributed by atoms with Gasteiger partial charge in [0.05, 0.1) is 25.5 Å². The Hall–Kier alpha value is -3.61. The van der Waals surface area contributed by atoms with Crippen LogP contribution in [0.1, 0.15) is 20.7 Å². The molecule has 0 unspecified atom stereocenters. The summed E-state index contributed by atoms with van der Waals surface area (Å²) in [4.78, 5) is 36.5. The zero-order chi connectivity index (χ0) is 18.7. The molecule has 7 nitrogen and oxygen atoms in total. The predicted octanol–water partition coefficient (Wildman–Crippen LogP) is 2.84. The van der Waals surface area contributed by atoms with Gasteiger partial charge in [-0.2, -0.15) is 0 Å². The standard InChI is InChI=1S/C19H15NO6/c1-24-12-8-7-11-9-14(19(23)26-16(11)10-12)17(21)20-15-6-4-3-5-13(15)18(22)25-2/h3-10H,1-2H3,(H,20,21). The van der Waals surface area contributed by atoms with Gasteiger partial charge in [0.1, 0.15) is 16.9 Å². The zero-order valence-electron chi connectivity index (χ0n) is 14.1. The number of hydrogen-bond acceptors (Lipinski definition) is 6. The number of para-hydroxylation sites is 1. The largest absolute Gasteiger partial charge is 0.497 e. The van der Waals surface area contributed by atoms with Crippen molar-refractivity contribution in [2.75, 3.05) is 19.5 Å². The van der Waals surface area contributed by atoms with E-state index in [4.69, 9.17) is 9.15 Å². The van der Waals surface area contributed by atoms with Gasteiger partial charge in [0, 0.05) is 11.5 Å². The van der Waals surface area contributed by atoms with Crippen molar-refractivity contribution < 1.29 is 23.5 Å². The van der Waals surface area contributed by atoms with Gasteiger partial charge in [-0.15, -0.1) is 0 Å². The Bertz CT molecular complexity index is 1050. The molecule has 3 aromatic rings. The molecule has 26 heavy (non-hydrogen) atoms. The van der Waals surface area contributed by atoms with Crippen LogP contribution >= 0.6 is 0 Å². The van der Waals surface area contributed by atoms with Gasteiger partial charge in [0.25, 0.3) is 5.91 Å². The lowest BCUT2D eigenvalue weighted by atomic mass is 10.1. The molecular weight excluding hydrogens is 338 g/mol. The number of carbonyl (C=O) groups excluding carboxylic acids is 2. The van der Waals surface area contributed by atoms with Crippen molar-refractivity contribution in [3.05, 3.63) is 70.1 Å². The van der Waals surface area contributed by atoms with Crippen LogP contribution in [0.3, 0.4) is 0 Å². The SMILES string of the molecule is COC(=O)c1ccccc1NC(=O)c1cc2ccc(OC)cc2oc1=O. The van der Waals surface area contributed by atoms with Crippen LogP contribution in [0.15, 0.2) is 57.7 Å². The number of benzene rings is 2. The Morgan fingerprint density at radius 3 is 2.50 bits per heavy atom. The van der Waals surface area contributed by atoms with Gasteiger partial charge in [-0.05, 0) is 30.3 Å². The molecule has 1 aromatic heterocycles. The molecule has 0 saturated heterocycles. The first-order chi connectivity index (χ1) is 12.5. The third-order valence-corrected chi connectivity index (χ3v) is 3.77. The van der Waals surface area contributed by atoms with Crippen LogP contribution in [-0.2, 0) is 4.74 Å². The highest BCUT2D eigenvalue weighted by atomic mass is 16.5. The molecule has 0 bridgehead atoms. The number of rotatable bonds is 4. The summed E-state index contributed by atoms with van der Waals surface area (Å²) in [7, 11) is 2.74. The van der Waals surface area contributed by atoms with Gasteiger partial charge in [-0.3, -0.25) is 4.79 Å². The van der Waals surface area contributed by atoms with Crippen molar-refractivity contribution in [2.24, 2.45) is 0 Å². The number of fused-ring (bicyclic) bond motifs is 1. The van der Waals surface area contributed by atoms with Crippen molar-refractivity contribution in [2.45, 2.75) is 0 Å². The number of nitrogens with one attached hydrogen (secondary N) is 1. The fourth-order valence-electron chi connectivity index (χ4n) is 2.45. The highest BCUT2D eigenvalue weighted by Gasteiger charge is 2.18. The lowest BCUT2D eigenvalue weighted by molar-refractivity contribution is 0.0602. The van der Waals surface area contributed by atoms with Crippen molar-refractivity contribution in [3.63, 3.8) is 0 Å². The van der Waals surface area contributed by atoms with Crippen LogP contribution in [0, 0.1) is 0 Å². The molecule has 1 amide bonds. The molecule has 0 aliphatic carbocycles. The molecule has 3 rings (SSSR count). The van der Waals surface area contributed by atoms with E-state index < -0.39 is 17.5 Å². The fourth-order valence-corrected chi connectivity index (χ4v) is 2.45. The van der Waals surface area contributed by atoms with Gasteiger partial charge < -0.3 is 19.2 Å². The Morgan fingerprint density at radius 1 is 1.00 bits per heavy atom. The van der Waals surface area contributed by atoms with Crippen LogP contribution in [0.5, 0.6) is 5.75 Å². The lowest BCUT2D eigenvalue weighted by Crippen LogP contribution is -2.22. The van der Waals surface area contributed by atoms with Crippen molar-refractivity contribution in [3.8, 4) is 5.75 Å². The summed E-state index contributed by atoms with van der Waals surface area (Å²) in [6, 6.07) is 12.7. The number of carbonyl (C=O) groups is 2. The molecule has 1 N–H and O–H groups in total. The smallest absolute Gasteiger partial charge is 0.349 e. The van der Waals surface area contributed by atoms with Crippen molar-refractivity contribution in [1.82, 2.24) is 0 Å². The van der Waals surface area contributed by atoms with E-state index in [1.165, 1.54) is 32.4 Å². The molecule has 0 aliphatic rings. The van der Waals surface area contributed by atoms with Crippen molar-refractivity contribution >= 4 is 28.5 Å². The van der Waals surface area contributed by atoms with Crippen molar-refractivity contribution in [1.29, 1.82) is 0 Å². The maximum Gasteiger partial charge on any atom is 0.349 e.